The average molecular weight is 393 g/mol. The van der Waals surface area contributed by atoms with Gasteiger partial charge >= 0.3 is 0 Å². The number of anilines is 3. The van der Waals surface area contributed by atoms with Crippen molar-refractivity contribution in [3.8, 4) is 0 Å². The van der Waals surface area contributed by atoms with Gasteiger partial charge in [0.2, 0.25) is 0 Å². The standard InChI is InChI=1S/C15H11Br2N3/c16-9-3-4-11(17)14(8-9)20-13-6-5-12-10(15(13)18)2-1-7-19-12/h1-8,20H,18H2. The van der Waals surface area contributed by atoms with Crippen LogP contribution in [0.25, 0.3) is 10.9 Å². The highest BCUT2D eigenvalue weighted by molar-refractivity contribution is 9.11. The molecule has 0 aliphatic carbocycles. The fourth-order valence-corrected chi connectivity index (χ4v) is 2.73. The summed E-state index contributed by atoms with van der Waals surface area (Å²) in [5.41, 5.74) is 9.63. The molecule has 3 aromatic rings. The van der Waals surface area contributed by atoms with Crippen molar-refractivity contribution < 1.29 is 0 Å². The highest BCUT2D eigenvalue weighted by Crippen LogP contribution is 2.33. The lowest BCUT2D eigenvalue weighted by molar-refractivity contribution is 1.41. The molecule has 1 aromatic heterocycles. The average Bonchev–Trinajstić information content (AvgIpc) is 2.46. The molecular weight excluding hydrogens is 382 g/mol. The summed E-state index contributed by atoms with van der Waals surface area (Å²) in [6.07, 6.45) is 1.76. The molecule has 0 aliphatic heterocycles. The van der Waals surface area contributed by atoms with E-state index in [0.29, 0.717) is 5.69 Å². The number of nitrogen functional groups attached to an aromatic ring is 1. The number of aromatic nitrogens is 1. The Hall–Kier alpha value is -1.59. The number of rotatable bonds is 2. The zero-order valence-corrected chi connectivity index (χ0v) is 13.6. The van der Waals surface area contributed by atoms with Crippen molar-refractivity contribution >= 4 is 59.8 Å². The Morgan fingerprint density at radius 1 is 1.00 bits per heavy atom. The first kappa shape index (κ1) is 13.4. The molecule has 0 fully saturated rings. The second-order valence-electron chi connectivity index (χ2n) is 4.35. The molecule has 0 saturated carbocycles. The molecule has 0 amide bonds. The minimum Gasteiger partial charge on any atom is -0.396 e. The molecule has 0 bridgehead atoms. The number of hydrogen-bond acceptors (Lipinski definition) is 3. The van der Waals surface area contributed by atoms with Gasteiger partial charge in [0.25, 0.3) is 0 Å². The highest BCUT2D eigenvalue weighted by atomic mass is 79.9. The number of benzene rings is 2. The summed E-state index contributed by atoms with van der Waals surface area (Å²) < 4.78 is 1.98. The Labute approximate surface area is 133 Å². The van der Waals surface area contributed by atoms with Crippen LogP contribution in [-0.4, -0.2) is 4.98 Å². The highest BCUT2D eigenvalue weighted by Gasteiger charge is 2.07. The fraction of sp³-hybridized carbons (Fsp3) is 0. The number of pyridine rings is 1. The topological polar surface area (TPSA) is 50.9 Å². The van der Waals surface area contributed by atoms with Gasteiger partial charge in [-0.2, -0.15) is 0 Å². The molecule has 0 radical (unpaired) electrons. The Kier molecular flexibility index (Phi) is 3.63. The molecule has 3 rings (SSSR count). The molecule has 5 heteroatoms. The Balaban J connectivity index is 2.07. The van der Waals surface area contributed by atoms with Gasteiger partial charge in [-0.3, -0.25) is 4.98 Å². The lowest BCUT2D eigenvalue weighted by Crippen LogP contribution is -1.98. The first-order chi connectivity index (χ1) is 9.65. The molecule has 3 N–H and O–H groups in total. The second-order valence-corrected chi connectivity index (χ2v) is 6.12. The van der Waals surface area contributed by atoms with E-state index in [0.717, 1.165) is 31.2 Å². The number of nitrogens with one attached hydrogen (secondary N) is 1. The van der Waals surface area contributed by atoms with E-state index >= 15 is 0 Å². The van der Waals surface area contributed by atoms with Gasteiger partial charge in [-0.15, -0.1) is 0 Å². The molecule has 0 saturated heterocycles. The van der Waals surface area contributed by atoms with Crippen molar-refractivity contribution in [1.29, 1.82) is 0 Å². The Morgan fingerprint density at radius 3 is 2.70 bits per heavy atom. The molecule has 20 heavy (non-hydrogen) atoms. The summed E-state index contributed by atoms with van der Waals surface area (Å²) in [5.74, 6) is 0. The zero-order chi connectivity index (χ0) is 14.1. The van der Waals surface area contributed by atoms with Gasteiger partial charge in [-0.25, -0.2) is 0 Å². The number of nitrogens with zero attached hydrogens (tertiary/aromatic N) is 1. The molecular formula is C15H11Br2N3. The number of halogens is 2. The van der Waals surface area contributed by atoms with Crippen LogP contribution in [-0.2, 0) is 0 Å². The smallest absolute Gasteiger partial charge is 0.0724 e. The van der Waals surface area contributed by atoms with Crippen LogP contribution in [0, 0.1) is 0 Å². The second kappa shape index (κ2) is 5.42. The summed E-state index contributed by atoms with van der Waals surface area (Å²) in [7, 11) is 0. The lowest BCUT2D eigenvalue weighted by atomic mass is 10.1. The maximum atomic E-state index is 6.23. The minimum absolute atomic E-state index is 0.697. The number of fused-ring (bicyclic) bond motifs is 1. The molecule has 100 valence electrons. The first-order valence-electron chi connectivity index (χ1n) is 6.00. The van der Waals surface area contributed by atoms with E-state index in [4.69, 9.17) is 5.73 Å². The molecule has 0 spiro atoms. The van der Waals surface area contributed by atoms with Crippen LogP contribution in [0.3, 0.4) is 0 Å². The quantitative estimate of drug-likeness (QED) is 0.597. The van der Waals surface area contributed by atoms with E-state index in [2.05, 4.69) is 42.2 Å². The minimum atomic E-state index is 0.697. The van der Waals surface area contributed by atoms with Crippen molar-refractivity contribution in [2.45, 2.75) is 0 Å². The van der Waals surface area contributed by atoms with Crippen LogP contribution < -0.4 is 11.1 Å². The Morgan fingerprint density at radius 2 is 1.85 bits per heavy atom. The molecule has 0 aliphatic rings. The van der Waals surface area contributed by atoms with Crippen LogP contribution >= 0.6 is 31.9 Å². The van der Waals surface area contributed by atoms with Crippen molar-refractivity contribution in [3.63, 3.8) is 0 Å². The van der Waals surface area contributed by atoms with Crippen LogP contribution in [0.1, 0.15) is 0 Å². The summed E-state index contributed by atoms with van der Waals surface area (Å²) >= 11 is 6.99. The van der Waals surface area contributed by atoms with Crippen LogP contribution in [0.5, 0.6) is 0 Å². The zero-order valence-electron chi connectivity index (χ0n) is 10.4. The van der Waals surface area contributed by atoms with Gasteiger partial charge in [0.05, 0.1) is 22.6 Å². The largest absolute Gasteiger partial charge is 0.396 e. The fourth-order valence-electron chi connectivity index (χ4n) is 2.02. The molecule has 0 atom stereocenters. The van der Waals surface area contributed by atoms with E-state index in [9.17, 15) is 0 Å². The van der Waals surface area contributed by atoms with Gasteiger partial charge < -0.3 is 11.1 Å². The normalized spacial score (nSPS) is 10.7. The number of nitrogens with two attached hydrogens (primary N) is 1. The predicted molar refractivity (Wildman–Crippen MR) is 91.3 cm³/mol. The molecule has 0 unspecified atom stereocenters. The van der Waals surface area contributed by atoms with Crippen molar-refractivity contribution in [2.24, 2.45) is 0 Å². The monoisotopic (exact) mass is 391 g/mol. The van der Waals surface area contributed by atoms with Crippen molar-refractivity contribution in [3.05, 3.63) is 57.6 Å². The summed E-state index contributed by atoms with van der Waals surface area (Å²) in [5, 5.41) is 4.29. The van der Waals surface area contributed by atoms with E-state index < -0.39 is 0 Å². The van der Waals surface area contributed by atoms with Gasteiger partial charge in [-0.1, -0.05) is 15.9 Å². The Bertz CT molecular complexity index is 787. The van der Waals surface area contributed by atoms with Gasteiger partial charge in [-0.05, 0) is 58.4 Å². The van der Waals surface area contributed by atoms with Gasteiger partial charge in [0.1, 0.15) is 0 Å². The van der Waals surface area contributed by atoms with E-state index in [1.54, 1.807) is 6.20 Å². The summed E-state index contributed by atoms with van der Waals surface area (Å²) in [4.78, 5) is 4.30. The third-order valence-electron chi connectivity index (χ3n) is 3.02. The van der Waals surface area contributed by atoms with Crippen LogP contribution in [0.2, 0.25) is 0 Å². The maximum Gasteiger partial charge on any atom is 0.0724 e. The molecule has 2 aromatic carbocycles. The summed E-state index contributed by atoms with van der Waals surface area (Å²) in [6.45, 7) is 0. The third kappa shape index (κ3) is 2.51. The maximum absolute atomic E-state index is 6.23. The van der Waals surface area contributed by atoms with E-state index in [1.807, 2.05) is 42.5 Å². The summed E-state index contributed by atoms with van der Waals surface area (Å²) in [6, 6.07) is 13.7. The number of hydrogen-bond donors (Lipinski definition) is 2. The molecule has 1 heterocycles. The molecule has 3 nitrogen and oxygen atoms in total. The van der Waals surface area contributed by atoms with Crippen LogP contribution in [0.15, 0.2) is 57.6 Å². The SMILES string of the molecule is Nc1c(Nc2cc(Br)ccc2Br)ccc2ncccc12. The van der Waals surface area contributed by atoms with Crippen molar-refractivity contribution in [2.75, 3.05) is 11.1 Å². The van der Waals surface area contributed by atoms with E-state index in [-0.39, 0.29) is 0 Å². The van der Waals surface area contributed by atoms with Crippen molar-refractivity contribution in [1.82, 2.24) is 4.98 Å². The third-order valence-corrected chi connectivity index (χ3v) is 4.21. The predicted octanol–water partition coefficient (Wildman–Crippen LogP) is 5.09. The van der Waals surface area contributed by atoms with Gasteiger partial charge in [0, 0.05) is 20.5 Å². The van der Waals surface area contributed by atoms with Crippen LogP contribution in [0.4, 0.5) is 17.1 Å². The van der Waals surface area contributed by atoms with E-state index in [1.165, 1.54) is 0 Å². The lowest BCUT2D eigenvalue weighted by Gasteiger charge is -2.13. The van der Waals surface area contributed by atoms with Gasteiger partial charge in [0.15, 0.2) is 0 Å². The first-order valence-corrected chi connectivity index (χ1v) is 7.59.